The van der Waals surface area contributed by atoms with E-state index in [0.717, 1.165) is 37.9 Å². The summed E-state index contributed by atoms with van der Waals surface area (Å²) in [5, 5.41) is 12.8. The highest BCUT2D eigenvalue weighted by atomic mass is 32.1. The summed E-state index contributed by atoms with van der Waals surface area (Å²) in [6, 6.07) is 20.8. The normalized spacial score (nSPS) is 11.3. The van der Waals surface area contributed by atoms with Crippen LogP contribution in [-0.4, -0.2) is 11.1 Å². The van der Waals surface area contributed by atoms with E-state index < -0.39 is 5.97 Å². The van der Waals surface area contributed by atoms with E-state index >= 15 is 0 Å². The summed E-state index contributed by atoms with van der Waals surface area (Å²) in [4.78, 5) is 22.8. The molecule has 0 radical (unpaired) electrons. The number of carboxylic acid groups (broad SMARTS) is 1. The van der Waals surface area contributed by atoms with E-state index in [2.05, 4.69) is 31.2 Å². The van der Waals surface area contributed by atoms with Gasteiger partial charge in [0.1, 0.15) is 11.4 Å². The van der Waals surface area contributed by atoms with Gasteiger partial charge in [-0.15, -0.1) is 16.2 Å². The third-order valence-electron chi connectivity index (χ3n) is 5.08. The maximum Gasteiger partial charge on any atom is 0.328 e. The third-order valence-corrected chi connectivity index (χ3v) is 6.25. The van der Waals surface area contributed by atoms with E-state index in [1.165, 1.54) is 11.6 Å². The first-order valence-electron chi connectivity index (χ1n) is 10.1. The minimum atomic E-state index is -0.993. The number of nitroso groups, excluding NO2 is 1. The molecule has 3 aromatic carbocycles. The van der Waals surface area contributed by atoms with Crippen LogP contribution < -0.4 is 4.74 Å². The van der Waals surface area contributed by atoms with Crippen LogP contribution in [0.3, 0.4) is 0 Å². The van der Waals surface area contributed by atoms with Crippen LogP contribution in [0.5, 0.6) is 11.5 Å². The minimum absolute atomic E-state index is 0.330. The summed E-state index contributed by atoms with van der Waals surface area (Å²) in [7, 11) is 0. The lowest BCUT2D eigenvalue weighted by molar-refractivity contribution is -0.131. The number of benzene rings is 3. The average molecular weight is 444 g/mol. The van der Waals surface area contributed by atoms with Crippen LogP contribution in [0.4, 0.5) is 5.69 Å². The molecule has 4 rings (SSSR count). The molecule has 0 unspecified atom stereocenters. The molecule has 1 N–H and O–H groups in total. The molecule has 4 aromatic rings. The monoisotopic (exact) mass is 443 g/mol. The van der Waals surface area contributed by atoms with Gasteiger partial charge in [0.05, 0.1) is 4.88 Å². The van der Waals surface area contributed by atoms with Crippen molar-refractivity contribution in [2.75, 3.05) is 0 Å². The van der Waals surface area contributed by atoms with Gasteiger partial charge in [-0.1, -0.05) is 50.2 Å². The van der Waals surface area contributed by atoms with Crippen molar-refractivity contribution in [2.45, 2.75) is 19.8 Å². The lowest BCUT2D eigenvalue weighted by atomic mass is 9.96. The highest BCUT2D eigenvalue weighted by Gasteiger charge is 2.20. The topological polar surface area (TPSA) is 76.0 Å². The van der Waals surface area contributed by atoms with Gasteiger partial charge < -0.3 is 9.84 Å². The maximum absolute atomic E-state index is 11.1. The molecule has 1 aromatic heterocycles. The Morgan fingerprint density at radius 1 is 1.06 bits per heavy atom. The highest BCUT2D eigenvalue weighted by molar-refractivity contribution is 7.22. The number of carboxylic acids is 1. The smallest absolute Gasteiger partial charge is 0.328 e. The molecule has 0 aliphatic carbocycles. The van der Waals surface area contributed by atoms with E-state index in [0.29, 0.717) is 17.4 Å². The number of nitrogens with zero attached hydrogens (tertiary/aromatic N) is 1. The lowest BCUT2D eigenvalue weighted by Gasteiger charge is -2.14. The minimum Gasteiger partial charge on any atom is -0.478 e. The van der Waals surface area contributed by atoms with E-state index in [9.17, 15) is 9.70 Å². The van der Waals surface area contributed by atoms with Crippen molar-refractivity contribution >= 4 is 39.2 Å². The van der Waals surface area contributed by atoms with Crippen LogP contribution in [0.2, 0.25) is 0 Å². The van der Waals surface area contributed by atoms with Crippen molar-refractivity contribution in [3.8, 4) is 21.9 Å². The molecule has 0 aliphatic heterocycles. The Morgan fingerprint density at radius 2 is 1.81 bits per heavy atom. The first-order valence-corrected chi connectivity index (χ1v) is 11.0. The van der Waals surface area contributed by atoms with Gasteiger partial charge in [-0.25, -0.2) is 4.79 Å². The molecule has 32 heavy (non-hydrogen) atoms. The molecule has 0 fully saturated rings. The Labute approximate surface area is 189 Å². The van der Waals surface area contributed by atoms with E-state index in [1.54, 1.807) is 35.6 Å². The van der Waals surface area contributed by atoms with Crippen LogP contribution in [0.25, 0.3) is 26.6 Å². The fourth-order valence-corrected chi connectivity index (χ4v) is 4.75. The molecule has 0 spiro atoms. The Bertz CT molecular complexity index is 1320. The average Bonchev–Trinajstić information content (AvgIpc) is 3.15. The van der Waals surface area contributed by atoms with Gasteiger partial charge in [-0.05, 0) is 64.2 Å². The zero-order valence-corrected chi connectivity index (χ0v) is 18.4. The van der Waals surface area contributed by atoms with Gasteiger partial charge in [0.2, 0.25) is 0 Å². The summed E-state index contributed by atoms with van der Waals surface area (Å²) in [5.41, 5.74) is 3.46. The Kier molecular flexibility index (Phi) is 6.14. The zero-order chi connectivity index (χ0) is 22.7. The van der Waals surface area contributed by atoms with Gasteiger partial charge >= 0.3 is 5.97 Å². The number of ether oxygens (including phenoxy) is 1. The van der Waals surface area contributed by atoms with Crippen LogP contribution in [-0.2, 0) is 4.79 Å². The van der Waals surface area contributed by atoms with Gasteiger partial charge in [0, 0.05) is 16.2 Å². The molecule has 160 valence electrons. The summed E-state index contributed by atoms with van der Waals surface area (Å²) >= 11 is 1.57. The number of hydrogen-bond donors (Lipinski definition) is 1. The van der Waals surface area contributed by atoms with Crippen molar-refractivity contribution in [1.82, 2.24) is 0 Å². The molecule has 0 amide bonds. The van der Waals surface area contributed by atoms with E-state index in [-0.39, 0.29) is 0 Å². The predicted octanol–water partition coefficient (Wildman–Crippen LogP) is 7.98. The SMILES string of the molecule is CC(C)c1ccccc1-c1sc2cc(N=O)ccc2c1Oc1ccc(/C=C/C(=O)O)cc1. The summed E-state index contributed by atoms with van der Waals surface area (Å²) in [6.45, 7) is 4.31. The lowest BCUT2D eigenvalue weighted by Crippen LogP contribution is -1.92. The molecule has 0 saturated heterocycles. The predicted molar refractivity (Wildman–Crippen MR) is 130 cm³/mol. The summed E-state index contributed by atoms with van der Waals surface area (Å²) in [6.07, 6.45) is 2.63. The number of rotatable bonds is 7. The molecule has 0 bridgehead atoms. The van der Waals surface area contributed by atoms with Crippen molar-refractivity contribution in [3.63, 3.8) is 0 Å². The molecular weight excluding hydrogens is 422 g/mol. The van der Waals surface area contributed by atoms with Crippen molar-refractivity contribution in [2.24, 2.45) is 5.18 Å². The molecular formula is C26H21NO4S. The number of thiophene rings is 1. The van der Waals surface area contributed by atoms with Crippen molar-refractivity contribution in [1.29, 1.82) is 0 Å². The van der Waals surface area contributed by atoms with E-state index in [1.807, 2.05) is 30.3 Å². The van der Waals surface area contributed by atoms with Crippen LogP contribution in [0.1, 0.15) is 30.9 Å². The molecule has 0 aliphatic rings. The van der Waals surface area contributed by atoms with Crippen LogP contribution >= 0.6 is 11.3 Å². The number of hydrogen-bond acceptors (Lipinski definition) is 5. The van der Waals surface area contributed by atoms with Crippen LogP contribution in [0.15, 0.2) is 78.0 Å². The molecule has 5 nitrogen and oxygen atoms in total. The Morgan fingerprint density at radius 3 is 2.50 bits per heavy atom. The number of aliphatic carboxylic acids is 1. The first kappa shape index (κ1) is 21.5. The molecule has 0 atom stereocenters. The van der Waals surface area contributed by atoms with Crippen molar-refractivity contribution in [3.05, 3.63) is 88.8 Å². The zero-order valence-electron chi connectivity index (χ0n) is 17.6. The maximum atomic E-state index is 11.1. The number of fused-ring (bicyclic) bond motifs is 1. The van der Waals surface area contributed by atoms with Gasteiger partial charge in [-0.2, -0.15) is 0 Å². The second-order valence-corrected chi connectivity index (χ2v) is 8.67. The van der Waals surface area contributed by atoms with Gasteiger partial charge in [0.15, 0.2) is 5.75 Å². The van der Waals surface area contributed by atoms with Crippen LogP contribution in [0, 0.1) is 4.91 Å². The molecule has 6 heteroatoms. The summed E-state index contributed by atoms with van der Waals surface area (Å²) < 4.78 is 7.29. The number of carbonyl (C=O) groups is 1. The third kappa shape index (κ3) is 4.45. The van der Waals surface area contributed by atoms with E-state index in [4.69, 9.17) is 9.84 Å². The molecule has 0 saturated carbocycles. The quantitative estimate of drug-likeness (QED) is 0.232. The standard InChI is InChI=1S/C26H21NO4S/c1-16(2)20-5-3-4-6-21(20)26-25(22-13-10-18(27-30)15-23(22)32-26)31-19-11-7-17(8-12-19)9-14-24(28)29/h3-16H,1-2H3,(H,28,29)/b14-9+. The Balaban J connectivity index is 1.82. The van der Waals surface area contributed by atoms with Crippen molar-refractivity contribution < 1.29 is 14.6 Å². The second kappa shape index (κ2) is 9.16. The fourth-order valence-electron chi connectivity index (χ4n) is 3.54. The van der Waals surface area contributed by atoms with Gasteiger partial charge in [0.25, 0.3) is 0 Å². The second-order valence-electron chi connectivity index (χ2n) is 7.62. The highest BCUT2D eigenvalue weighted by Crippen LogP contribution is 2.48. The molecule has 1 heterocycles. The summed E-state index contributed by atoms with van der Waals surface area (Å²) in [5.74, 6) is 0.701. The fraction of sp³-hybridized carbons (Fsp3) is 0.115. The Hall–Kier alpha value is -3.77. The largest absolute Gasteiger partial charge is 0.478 e. The van der Waals surface area contributed by atoms with Gasteiger partial charge in [-0.3, -0.25) is 0 Å². The first-order chi connectivity index (χ1) is 15.5.